The molecule has 5 heteroatoms. The van der Waals surface area contributed by atoms with E-state index in [1.54, 1.807) is 0 Å². The fourth-order valence-electron chi connectivity index (χ4n) is 5.97. The van der Waals surface area contributed by atoms with Gasteiger partial charge in [0.1, 0.15) is 17.2 Å². The lowest BCUT2D eigenvalue weighted by molar-refractivity contribution is -0.140. The molecular formula is C41H51NO4. The van der Waals surface area contributed by atoms with Gasteiger partial charge in [0.05, 0.1) is 19.1 Å². The summed E-state index contributed by atoms with van der Waals surface area (Å²) >= 11 is 0. The van der Waals surface area contributed by atoms with Crippen LogP contribution < -0.4 is 14.2 Å². The van der Waals surface area contributed by atoms with Crippen LogP contribution in [0.1, 0.15) is 88.2 Å². The van der Waals surface area contributed by atoms with E-state index in [2.05, 4.69) is 43.5 Å². The van der Waals surface area contributed by atoms with Crippen molar-refractivity contribution >= 4 is 12.2 Å². The summed E-state index contributed by atoms with van der Waals surface area (Å²) in [6, 6.07) is 22.0. The van der Waals surface area contributed by atoms with Crippen molar-refractivity contribution in [3.63, 3.8) is 0 Å². The lowest BCUT2D eigenvalue weighted by atomic mass is 9.82. The Kier molecular flexibility index (Phi) is 14.7. The minimum absolute atomic E-state index is 0.0940. The molecule has 0 heterocycles. The van der Waals surface area contributed by atoms with Crippen LogP contribution in [0.5, 0.6) is 17.2 Å². The molecule has 5 nitrogen and oxygen atoms in total. The van der Waals surface area contributed by atoms with Crippen LogP contribution in [0.4, 0.5) is 0 Å². The molecule has 244 valence electrons. The summed E-state index contributed by atoms with van der Waals surface area (Å²) in [6.45, 7) is 8.86. The SMILES string of the molecule is C=CCCCCCCCCOc1ccc(OC(=O)C2CCC(COc3ccc(-c4ccc(CCC=C)cc4)cc3C=N)CC2)cc1. The molecule has 1 fully saturated rings. The molecule has 0 atom stereocenters. The molecule has 4 rings (SSSR count). The number of hydrogen-bond donors (Lipinski definition) is 1. The minimum atomic E-state index is -0.156. The third-order valence-corrected chi connectivity index (χ3v) is 8.86. The molecule has 46 heavy (non-hydrogen) atoms. The molecule has 0 saturated heterocycles. The van der Waals surface area contributed by atoms with Crippen LogP contribution in [0.15, 0.2) is 92.0 Å². The molecule has 0 bridgehead atoms. The summed E-state index contributed by atoms with van der Waals surface area (Å²) in [5, 5.41) is 7.95. The van der Waals surface area contributed by atoms with Gasteiger partial charge in [-0.1, -0.05) is 68.2 Å². The van der Waals surface area contributed by atoms with Crippen molar-refractivity contribution in [1.29, 1.82) is 5.41 Å². The van der Waals surface area contributed by atoms with Gasteiger partial charge in [-0.2, -0.15) is 0 Å². The largest absolute Gasteiger partial charge is 0.494 e. The monoisotopic (exact) mass is 621 g/mol. The van der Waals surface area contributed by atoms with Gasteiger partial charge >= 0.3 is 5.97 Å². The number of carbonyl (C=O) groups is 1. The van der Waals surface area contributed by atoms with E-state index in [0.29, 0.717) is 24.9 Å². The highest BCUT2D eigenvalue weighted by Crippen LogP contribution is 2.32. The van der Waals surface area contributed by atoms with Crippen LogP contribution in [0.2, 0.25) is 0 Å². The number of benzene rings is 3. The third-order valence-electron chi connectivity index (χ3n) is 8.86. The molecule has 3 aromatic carbocycles. The number of esters is 1. The molecule has 3 aromatic rings. The van der Waals surface area contributed by atoms with Gasteiger partial charge in [0.25, 0.3) is 0 Å². The third kappa shape index (κ3) is 11.3. The van der Waals surface area contributed by atoms with Gasteiger partial charge in [0.2, 0.25) is 0 Å². The maximum absolute atomic E-state index is 12.9. The zero-order valence-electron chi connectivity index (χ0n) is 27.4. The second kappa shape index (κ2) is 19.4. The van der Waals surface area contributed by atoms with E-state index in [0.717, 1.165) is 79.6 Å². The van der Waals surface area contributed by atoms with Crippen LogP contribution in [0, 0.1) is 17.2 Å². The number of carbonyl (C=O) groups excluding carboxylic acids is 1. The van der Waals surface area contributed by atoms with E-state index in [9.17, 15) is 4.79 Å². The molecule has 0 aromatic heterocycles. The van der Waals surface area contributed by atoms with Gasteiger partial charge in [0.15, 0.2) is 0 Å². The van der Waals surface area contributed by atoms with Crippen molar-refractivity contribution in [2.45, 2.75) is 83.5 Å². The second-order valence-corrected chi connectivity index (χ2v) is 12.4. The summed E-state index contributed by atoms with van der Waals surface area (Å²) in [7, 11) is 0. The fraction of sp³-hybridized carbons (Fsp3) is 0.415. The van der Waals surface area contributed by atoms with Crippen molar-refractivity contribution in [3.8, 4) is 28.4 Å². The second-order valence-electron chi connectivity index (χ2n) is 12.4. The number of rotatable bonds is 20. The first-order valence-corrected chi connectivity index (χ1v) is 17.1. The Morgan fingerprint density at radius 1 is 0.739 bits per heavy atom. The average Bonchev–Trinajstić information content (AvgIpc) is 3.10. The van der Waals surface area contributed by atoms with Crippen LogP contribution in [-0.2, 0) is 11.2 Å². The average molecular weight is 622 g/mol. The quantitative estimate of drug-likeness (QED) is 0.0448. The van der Waals surface area contributed by atoms with Crippen LogP contribution >= 0.6 is 0 Å². The molecule has 0 unspecified atom stereocenters. The first kappa shape index (κ1) is 34.7. The smallest absolute Gasteiger partial charge is 0.314 e. The van der Waals surface area contributed by atoms with Gasteiger partial charge in [-0.25, -0.2) is 0 Å². The molecule has 1 aliphatic rings. The summed E-state index contributed by atoms with van der Waals surface area (Å²) in [5.74, 6) is 2.22. The van der Waals surface area contributed by atoms with Gasteiger partial charge in [-0.15, -0.1) is 13.2 Å². The zero-order chi connectivity index (χ0) is 32.4. The maximum atomic E-state index is 12.9. The Balaban J connectivity index is 1.14. The normalized spacial score (nSPS) is 15.9. The van der Waals surface area contributed by atoms with E-state index in [-0.39, 0.29) is 11.9 Å². The molecule has 0 radical (unpaired) electrons. The Morgan fingerprint density at radius 3 is 2.09 bits per heavy atom. The van der Waals surface area contributed by atoms with Gasteiger partial charge < -0.3 is 19.6 Å². The first-order chi connectivity index (χ1) is 22.6. The lowest BCUT2D eigenvalue weighted by Gasteiger charge is -2.27. The van der Waals surface area contributed by atoms with Crippen molar-refractivity contribution < 1.29 is 19.0 Å². The van der Waals surface area contributed by atoms with E-state index in [1.165, 1.54) is 43.9 Å². The van der Waals surface area contributed by atoms with Crippen LogP contribution in [0.3, 0.4) is 0 Å². The highest BCUT2D eigenvalue weighted by molar-refractivity contribution is 5.84. The maximum Gasteiger partial charge on any atom is 0.314 e. The van der Waals surface area contributed by atoms with E-state index >= 15 is 0 Å². The van der Waals surface area contributed by atoms with Crippen LogP contribution in [0.25, 0.3) is 11.1 Å². The van der Waals surface area contributed by atoms with Gasteiger partial charge in [0, 0.05) is 11.8 Å². The lowest BCUT2D eigenvalue weighted by Crippen LogP contribution is -2.27. The van der Waals surface area contributed by atoms with E-state index < -0.39 is 0 Å². The van der Waals surface area contributed by atoms with Crippen molar-refractivity contribution in [1.82, 2.24) is 0 Å². The predicted molar refractivity (Wildman–Crippen MR) is 189 cm³/mol. The predicted octanol–water partition coefficient (Wildman–Crippen LogP) is 10.6. The Morgan fingerprint density at radius 2 is 1.39 bits per heavy atom. The minimum Gasteiger partial charge on any atom is -0.494 e. The molecule has 0 amide bonds. The summed E-state index contributed by atoms with van der Waals surface area (Å²) < 4.78 is 17.8. The number of nitrogens with one attached hydrogen (secondary N) is 1. The highest BCUT2D eigenvalue weighted by Gasteiger charge is 2.28. The van der Waals surface area contributed by atoms with Gasteiger partial charge in [-0.05, 0) is 117 Å². The summed E-state index contributed by atoms with van der Waals surface area (Å²) in [5.41, 5.74) is 4.26. The Labute approximate surface area is 276 Å². The first-order valence-electron chi connectivity index (χ1n) is 17.1. The fourth-order valence-corrected chi connectivity index (χ4v) is 5.97. The van der Waals surface area contributed by atoms with Crippen molar-refractivity contribution in [3.05, 3.63) is 103 Å². The topological polar surface area (TPSA) is 68.6 Å². The standard InChI is InChI=1S/C41H51NO4/c1-3-5-7-8-9-10-11-12-28-44-38-23-25-39(26-24-38)46-41(43)35-20-16-33(17-21-35)31-45-40-27-22-36(29-37(40)30-42)34-18-14-32(15-19-34)13-6-4-2/h3-4,14-15,18-19,22-27,29-30,33,35,42H,1-2,5-13,16-17,20-21,28,31H2. The van der Waals surface area contributed by atoms with E-state index in [4.69, 9.17) is 19.6 Å². The Bertz CT molecular complexity index is 1370. The highest BCUT2D eigenvalue weighted by atomic mass is 16.5. The molecular weight excluding hydrogens is 570 g/mol. The molecule has 1 N–H and O–H groups in total. The number of ether oxygens (including phenoxy) is 3. The van der Waals surface area contributed by atoms with Crippen LogP contribution in [-0.4, -0.2) is 25.4 Å². The summed E-state index contributed by atoms with van der Waals surface area (Å²) in [4.78, 5) is 12.9. The molecule has 0 spiro atoms. The van der Waals surface area contributed by atoms with E-state index in [1.807, 2.05) is 48.6 Å². The Hall–Kier alpha value is -4.12. The zero-order valence-corrected chi connectivity index (χ0v) is 27.4. The number of allylic oxidation sites excluding steroid dienone is 2. The van der Waals surface area contributed by atoms with Crippen molar-refractivity contribution in [2.24, 2.45) is 11.8 Å². The number of aryl methyl sites for hydroxylation is 1. The van der Waals surface area contributed by atoms with Crippen molar-refractivity contribution in [2.75, 3.05) is 13.2 Å². The molecule has 1 saturated carbocycles. The number of unbranched alkanes of at least 4 members (excludes halogenated alkanes) is 6. The summed E-state index contributed by atoms with van der Waals surface area (Å²) in [6.07, 6.45) is 19.1. The molecule has 0 aliphatic heterocycles. The number of hydrogen-bond acceptors (Lipinski definition) is 5. The van der Waals surface area contributed by atoms with Gasteiger partial charge in [-0.3, -0.25) is 4.79 Å². The molecule has 1 aliphatic carbocycles.